The van der Waals surface area contributed by atoms with E-state index in [2.05, 4.69) is 21.6 Å². The average Bonchev–Trinajstić information content (AvgIpc) is 3.32. The SMILES string of the molecule is CNC(=O)c1ccc(/C=C/C(=O)NCC(c2ccccc2OC)N2CCCC2)cc1. The van der Waals surface area contributed by atoms with Crippen LogP contribution in [0.15, 0.2) is 54.6 Å². The summed E-state index contributed by atoms with van der Waals surface area (Å²) in [6.07, 6.45) is 5.62. The Morgan fingerprint density at radius 1 is 1.10 bits per heavy atom. The van der Waals surface area contributed by atoms with Gasteiger partial charge in [-0.15, -0.1) is 0 Å². The molecule has 2 aromatic rings. The zero-order valence-electron chi connectivity index (χ0n) is 17.6. The summed E-state index contributed by atoms with van der Waals surface area (Å²) < 4.78 is 5.55. The molecule has 1 aliphatic heterocycles. The van der Waals surface area contributed by atoms with Gasteiger partial charge >= 0.3 is 0 Å². The molecule has 6 nitrogen and oxygen atoms in total. The number of hydrogen-bond acceptors (Lipinski definition) is 4. The van der Waals surface area contributed by atoms with Crippen LogP contribution in [0.3, 0.4) is 0 Å². The summed E-state index contributed by atoms with van der Waals surface area (Å²) in [5.74, 6) is 0.562. The lowest BCUT2D eigenvalue weighted by Crippen LogP contribution is -2.36. The van der Waals surface area contributed by atoms with Crippen molar-refractivity contribution in [1.82, 2.24) is 15.5 Å². The van der Waals surface area contributed by atoms with Crippen molar-refractivity contribution in [3.05, 3.63) is 71.3 Å². The Kier molecular flexibility index (Phi) is 7.63. The number of amides is 2. The van der Waals surface area contributed by atoms with Crippen molar-refractivity contribution in [2.45, 2.75) is 18.9 Å². The molecule has 0 spiro atoms. The van der Waals surface area contributed by atoms with Crippen molar-refractivity contribution < 1.29 is 14.3 Å². The molecule has 30 heavy (non-hydrogen) atoms. The number of ether oxygens (including phenoxy) is 1. The van der Waals surface area contributed by atoms with Gasteiger partial charge in [-0.3, -0.25) is 14.5 Å². The maximum Gasteiger partial charge on any atom is 0.251 e. The highest BCUT2D eigenvalue weighted by Gasteiger charge is 2.26. The fourth-order valence-electron chi connectivity index (χ4n) is 3.75. The van der Waals surface area contributed by atoms with Gasteiger partial charge in [-0.1, -0.05) is 30.3 Å². The van der Waals surface area contributed by atoms with Crippen LogP contribution in [0, 0.1) is 0 Å². The zero-order valence-corrected chi connectivity index (χ0v) is 17.6. The highest BCUT2D eigenvalue weighted by atomic mass is 16.5. The molecule has 0 bridgehead atoms. The first-order chi connectivity index (χ1) is 14.6. The Hall–Kier alpha value is -3.12. The smallest absolute Gasteiger partial charge is 0.251 e. The first-order valence-electron chi connectivity index (χ1n) is 10.3. The van der Waals surface area contributed by atoms with E-state index in [1.807, 2.05) is 30.3 Å². The highest BCUT2D eigenvalue weighted by molar-refractivity contribution is 5.94. The van der Waals surface area contributed by atoms with E-state index in [4.69, 9.17) is 4.74 Å². The second-order valence-corrected chi connectivity index (χ2v) is 7.28. The maximum atomic E-state index is 12.4. The van der Waals surface area contributed by atoms with E-state index in [1.165, 1.54) is 18.9 Å². The van der Waals surface area contributed by atoms with E-state index in [0.29, 0.717) is 12.1 Å². The normalized spacial score (nSPS) is 15.1. The minimum absolute atomic E-state index is 0.0767. The van der Waals surface area contributed by atoms with Crippen molar-refractivity contribution in [2.75, 3.05) is 33.8 Å². The molecule has 0 aromatic heterocycles. The molecule has 1 atom stereocenters. The van der Waals surface area contributed by atoms with Gasteiger partial charge in [-0.2, -0.15) is 0 Å². The molecule has 0 aliphatic carbocycles. The lowest BCUT2D eigenvalue weighted by atomic mass is 10.0. The third-order valence-corrected chi connectivity index (χ3v) is 5.38. The van der Waals surface area contributed by atoms with Crippen LogP contribution in [0.4, 0.5) is 0 Å². The van der Waals surface area contributed by atoms with Crippen molar-refractivity contribution in [1.29, 1.82) is 0 Å². The number of methoxy groups -OCH3 is 1. The van der Waals surface area contributed by atoms with Gasteiger partial charge in [0.05, 0.1) is 13.2 Å². The zero-order chi connectivity index (χ0) is 21.3. The van der Waals surface area contributed by atoms with Crippen LogP contribution in [-0.2, 0) is 4.79 Å². The van der Waals surface area contributed by atoms with Crippen LogP contribution in [0.25, 0.3) is 6.08 Å². The Morgan fingerprint density at radius 3 is 2.47 bits per heavy atom. The molecule has 2 amide bonds. The molecule has 6 heteroatoms. The van der Waals surface area contributed by atoms with E-state index in [0.717, 1.165) is 30.0 Å². The highest BCUT2D eigenvalue weighted by Crippen LogP contribution is 2.31. The molecule has 158 valence electrons. The van der Waals surface area contributed by atoms with Gasteiger partial charge in [0.2, 0.25) is 5.91 Å². The summed E-state index contributed by atoms with van der Waals surface area (Å²) in [5, 5.41) is 5.62. The van der Waals surface area contributed by atoms with Gasteiger partial charge in [0, 0.05) is 30.8 Å². The molecule has 1 saturated heterocycles. The van der Waals surface area contributed by atoms with Crippen LogP contribution < -0.4 is 15.4 Å². The molecule has 3 rings (SSSR count). The van der Waals surface area contributed by atoms with E-state index in [9.17, 15) is 9.59 Å². The van der Waals surface area contributed by atoms with Gasteiger partial charge in [-0.25, -0.2) is 0 Å². The predicted molar refractivity (Wildman–Crippen MR) is 118 cm³/mol. The quantitative estimate of drug-likeness (QED) is 0.660. The third-order valence-electron chi connectivity index (χ3n) is 5.38. The second kappa shape index (κ2) is 10.6. The summed E-state index contributed by atoms with van der Waals surface area (Å²) in [4.78, 5) is 26.4. The monoisotopic (exact) mass is 407 g/mol. The summed E-state index contributed by atoms with van der Waals surface area (Å²) in [6.45, 7) is 2.55. The van der Waals surface area contributed by atoms with E-state index in [1.54, 1.807) is 32.4 Å². The predicted octanol–water partition coefficient (Wildman–Crippen LogP) is 3.02. The molecular formula is C24H29N3O3. The first-order valence-corrected chi connectivity index (χ1v) is 10.3. The number of likely N-dealkylation sites (tertiary alicyclic amines) is 1. The van der Waals surface area contributed by atoms with Crippen LogP contribution in [-0.4, -0.2) is 50.5 Å². The number of nitrogens with one attached hydrogen (secondary N) is 2. The Balaban J connectivity index is 1.64. The van der Waals surface area contributed by atoms with Gasteiger partial charge < -0.3 is 15.4 Å². The van der Waals surface area contributed by atoms with Gasteiger partial charge in [0.25, 0.3) is 5.91 Å². The van der Waals surface area contributed by atoms with Crippen molar-refractivity contribution >= 4 is 17.9 Å². The van der Waals surface area contributed by atoms with Crippen LogP contribution in [0.2, 0.25) is 0 Å². The van der Waals surface area contributed by atoms with Crippen molar-refractivity contribution in [3.63, 3.8) is 0 Å². The number of carbonyl (C=O) groups is 2. The van der Waals surface area contributed by atoms with Crippen LogP contribution >= 0.6 is 0 Å². The molecular weight excluding hydrogens is 378 g/mol. The van der Waals surface area contributed by atoms with Gasteiger partial charge in [-0.05, 0) is 55.8 Å². The van der Waals surface area contributed by atoms with Crippen molar-refractivity contribution in [2.24, 2.45) is 0 Å². The summed E-state index contributed by atoms with van der Waals surface area (Å²) in [6, 6.07) is 15.2. The number of para-hydroxylation sites is 1. The summed E-state index contributed by atoms with van der Waals surface area (Å²) in [7, 11) is 3.28. The lowest BCUT2D eigenvalue weighted by Gasteiger charge is -2.29. The number of nitrogens with zero attached hydrogens (tertiary/aromatic N) is 1. The fraction of sp³-hybridized carbons (Fsp3) is 0.333. The molecule has 2 aromatic carbocycles. The van der Waals surface area contributed by atoms with Crippen LogP contribution in [0.1, 0.15) is 40.4 Å². The average molecular weight is 408 g/mol. The van der Waals surface area contributed by atoms with E-state index < -0.39 is 0 Å². The Morgan fingerprint density at radius 2 is 1.80 bits per heavy atom. The molecule has 1 aliphatic rings. The minimum atomic E-state index is -0.149. The maximum absolute atomic E-state index is 12.4. The molecule has 2 N–H and O–H groups in total. The van der Waals surface area contributed by atoms with E-state index in [-0.39, 0.29) is 17.9 Å². The first kappa shape index (κ1) is 21.6. The third kappa shape index (κ3) is 5.48. The standard InChI is InChI=1S/C24H29N3O3/c1-25-24(29)19-12-9-18(10-13-19)11-14-23(28)26-17-21(27-15-5-6-16-27)20-7-3-4-8-22(20)30-2/h3-4,7-14,21H,5-6,15-17H2,1-2H3,(H,25,29)(H,26,28)/b14-11+. The number of hydrogen-bond donors (Lipinski definition) is 2. The van der Waals surface area contributed by atoms with Gasteiger partial charge in [0.15, 0.2) is 0 Å². The van der Waals surface area contributed by atoms with Crippen molar-refractivity contribution in [3.8, 4) is 5.75 Å². The topological polar surface area (TPSA) is 70.7 Å². The number of rotatable bonds is 8. The Labute approximate surface area is 177 Å². The summed E-state index contributed by atoms with van der Waals surface area (Å²) >= 11 is 0. The molecule has 1 fully saturated rings. The largest absolute Gasteiger partial charge is 0.496 e. The fourth-order valence-corrected chi connectivity index (χ4v) is 3.75. The van der Waals surface area contributed by atoms with E-state index >= 15 is 0 Å². The number of benzene rings is 2. The lowest BCUT2D eigenvalue weighted by molar-refractivity contribution is -0.116. The minimum Gasteiger partial charge on any atom is -0.496 e. The molecule has 0 saturated carbocycles. The molecule has 1 unspecified atom stereocenters. The van der Waals surface area contributed by atoms with Gasteiger partial charge in [0.1, 0.15) is 5.75 Å². The van der Waals surface area contributed by atoms with Crippen LogP contribution in [0.5, 0.6) is 5.75 Å². The second-order valence-electron chi connectivity index (χ2n) is 7.28. The number of carbonyl (C=O) groups excluding carboxylic acids is 2. The Bertz CT molecular complexity index is 887. The molecule has 0 radical (unpaired) electrons. The summed E-state index contributed by atoms with van der Waals surface area (Å²) in [5.41, 5.74) is 2.54. The molecule has 1 heterocycles.